The lowest BCUT2D eigenvalue weighted by atomic mass is 10.1. The van der Waals surface area contributed by atoms with Crippen LogP contribution in [0.3, 0.4) is 0 Å². The zero-order chi connectivity index (χ0) is 19.2. The predicted octanol–water partition coefficient (Wildman–Crippen LogP) is 0.821. The number of nitrogens with one attached hydrogen (secondary N) is 2. The number of ether oxygens (including phenoxy) is 1. The molecule has 2 aromatic rings. The van der Waals surface area contributed by atoms with E-state index in [1.807, 2.05) is 16.8 Å². The number of rotatable bonds is 6. The van der Waals surface area contributed by atoms with E-state index in [-0.39, 0.29) is 30.0 Å². The minimum atomic E-state index is -0.432. The molecule has 0 radical (unpaired) electrons. The van der Waals surface area contributed by atoms with Gasteiger partial charge in [0.15, 0.2) is 11.8 Å². The summed E-state index contributed by atoms with van der Waals surface area (Å²) < 4.78 is 7.03. The van der Waals surface area contributed by atoms with Crippen molar-refractivity contribution in [2.24, 2.45) is 10.7 Å². The molecule has 152 valence electrons. The second kappa shape index (κ2) is 10.4. The lowest BCUT2D eigenvalue weighted by molar-refractivity contribution is 0.1000. The molecule has 1 unspecified atom stereocenters. The highest BCUT2D eigenvalue weighted by atomic mass is 127. The molecular weight excluding hydrogens is 473 g/mol. The van der Waals surface area contributed by atoms with Gasteiger partial charge in [0, 0.05) is 38.7 Å². The molecule has 2 heterocycles. The standard InChI is InChI=1S/C18H25N7O2.HI/c1-20-18(21-9-12-4-3-5-13(8-12)17(19)26)22-14-6-7-16-23-15(11-27-2)24-25(16)10-14;/h3-5,8,14H,6-7,9-11H2,1-2H3,(H2,19,26)(H2,20,21,22);1H. The van der Waals surface area contributed by atoms with Gasteiger partial charge in [0.1, 0.15) is 12.4 Å². The number of aromatic nitrogens is 3. The molecule has 0 saturated carbocycles. The Hall–Kier alpha value is -2.21. The van der Waals surface area contributed by atoms with E-state index < -0.39 is 5.91 Å². The number of guanidine groups is 1. The Labute approximate surface area is 181 Å². The summed E-state index contributed by atoms with van der Waals surface area (Å²) in [6, 6.07) is 7.44. The van der Waals surface area contributed by atoms with E-state index in [0.717, 1.165) is 30.8 Å². The molecule has 1 atom stereocenters. The zero-order valence-corrected chi connectivity index (χ0v) is 18.3. The van der Waals surface area contributed by atoms with Crippen LogP contribution in [0.2, 0.25) is 0 Å². The van der Waals surface area contributed by atoms with Crippen LogP contribution in [-0.2, 0) is 30.9 Å². The number of carbonyl (C=O) groups excluding carboxylic acids is 1. The van der Waals surface area contributed by atoms with E-state index in [0.29, 0.717) is 30.5 Å². The van der Waals surface area contributed by atoms with Crippen molar-refractivity contribution in [2.75, 3.05) is 14.2 Å². The summed E-state index contributed by atoms with van der Waals surface area (Å²) in [5.74, 6) is 1.97. The number of halogens is 1. The summed E-state index contributed by atoms with van der Waals surface area (Å²) in [7, 11) is 3.37. The van der Waals surface area contributed by atoms with Gasteiger partial charge >= 0.3 is 0 Å². The zero-order valence-electron chi connectivity index (χ0n) is 16.0. The first-order valence-corrected chi connectivity index (χ1v) is 8.86. The van der Waals surface area contributed by atoms with Crippen LogP contribution in [0.25, 0.3) is 0 Å². The van der Waals surface area contributed by atoms with Crippen molar-refractivity contribution in [2.45, 2.75) is 38.6 Å². The number of hydrogen-bond donors (Lipinski definition) is 3. The third-order valence-corrected chi connectivity index (χ3v) is 4.41. The van der Waals surface area contributed by atoms with Gasteiger partial charge in [-0.1, -0.05) is 12.1 Å². The van der Waals surface area contributed by atoms with E-state index in [2.05, 4.69) is 25.7 Å². The van der Waals surface area contributed by atoms with E-state index in [1.165, 1.54) is 0 Å². The highest BCUT2D eigenvalue weighted by molar-refractivity contribution is 14.0. The van der Waals surface area contributed by atoms with Crippen molar-refractivity contribution in [3.8, 4) is 0 Å². The minimum Gasteiger partial charge on any atom is -0.377 e. The molecule has 0 spiro atoms. The smallest absolute Gasteiger partial charge is 0.248 e. The Bertz CT molecular complexity index is 837. The van der Waals surface area contributed by atoms with Crippen LogP contribution in [0.15, 0.2) is 29.3 Å². The number of fused-ring (bicyclic) bond motifs is 1. The maximum Gasteiger partial charge on any atom is 0.248 e. The highest BCUT2D eigenvalue weighted by Crippen LogP contribution is 2.13. The van der Waals surface area contributed by atoms with Gasteiger partial charge in [0.25, 0.3) is 0 Å². The molecule has 0 fully saturated rings. The molecule has 4 N–H and O–H groups in total. The molecule has 3 rings (SSSR count). The summed E-state index contributed by atoms with van der Waals surface area (Å²) in [4.78, 5) is 20.1. The minimum absolute atomic E-state index is 0. The van der Waals surface area contributed by atoms with Crippen LogP contribution in [0.1, 0.15) is 34.0 Å². The quantitative estimate of drug-likeness (QED) is 0.308. The van der Waals surface area contributed by atoms with Gasteiger partial charge in [-0.25, -0.2) is 9.67 Å². The predicted molar refractivity (Wildman–Crippen MR) is 117 cm³/mol. The van der Waals surface area contributed by atoms with Crippen LogP contribution in [-0.4, -0.2) is 46.8 Å². The molecule has 0 saturated heterocycles. The lowest BCUT2D eigenvalue weighted by Gasteiger charge is -2.25. The second-order valence-corrected chi connectivity index (χ2v) is 6.43. The fourth-order valence-corrected chi connectivity index (χ4v) is 3.08. The van der Waals surface area contributed by atoms with E-state index >= 15 is 0 Å². The molecule has 9 nitrogen and oxygen atoms in total. The molecule has 10 heteroatoms. The van der Waals surface area contributed by atoms with Crippen LogP contribution in [0, 0.1) is 0 Å². The summed E-state index contributed by atoms with van der Waals surface area (Å²) in [6.07, 6.45) is 1.80. The van der Waals surface area contributed by atoms with Gasteiger partial charge in [-0.3, -0.25) is 9.79 Å². The number of benzene rings is 1. The highest BCUT2D eigenvalue weighted by Gasteiger charge is 2.22. The SMILES string of the molecule is CN=C(NCc1cccc(C(N)=O)c1)NC1CCc2nc(COC)nn2C1.I. The third-order valence-electron chi connectivity index (χ3n) is 4.41. The Morgan fingerprint density at radius 1 is 1.46 bits per heavy atom. The first-order valence-electron chi connectivity index (χ1n) is 8.86. The van der Waals surface area contributed by atoms with Crippen molar-refractivity contribution >= 4 is 35.8 Å². The number of nitrogens with two attached hydrogens (primary N) is 1. The number of nitrogens with zero attached hydrogens (tertiary/aromatic N) is 4. The average molecular weight is 499 g/mol. The van der Waals surface area contributed by atoms with E-state index in [4.69, 9.17) is 10.5 Å². The molecule has 1 aliphatic heterocycles. The lowest BCUT2D eigenvalue weighted by Crippen LogP contribution is -2.46. The summed E-state index contributed by atoms with van der Waals surface area (Å²) >= 11 is 0. The van der Waals surface area contributed by atoms with Gasteiger partial charge in [0.05, 0.1) is 6.54 Å². The van der Waals surface area contributed by atoms with Crippen LogP contribution in [0.5, 0.6) is 0 Å². The number of carbonyl (C=O) groups is 1. The number of methoxy groups -OCH3 is 1. The molecule has 28 heavy (non-hydrogen) atoms. The third kappa shape index (κ3) is 5.64. The normalized spacial score (nSPS) is 16.1. The maximum absolute atomic E-state index is 11.3. The molecule has 1 aromatic carbocycles. The largest absolute Gasteiger partial charge is 0.377 e. The topological polar surface area (TPSA) is 119 Å². The molecule has 0 aliphatic carbocycles. The first kappa shape index (κ1) is 22.1. The summed E-state index contributed by atoms with van der Waals surface area (Å²) in [5, 5.41) is 11.2. The van der Waals surface area contributed by atoms with Crippen LogP contribution in [0.4, 0.5) is 0 Å². The Balaban J connectivity index is 0.00000280. The van der Waals surface area contributed by atoms with Crippen molar-refractivity contribution in [1.29, 1.82) is 0 Å². The van der Waals surface area contributed by atoms with Gasteiger partial charge in [-0.2, -0.15) is 5.10 Å². The fraction of sp³-hybridized carbons (Fsp3) is 0.444. The van der Waals surface area contributed by atoms with Crippen molar-refractivity contribution in [3.63, 3.8) is 0 Å². The second-order valence-electron chi connectivity index (χ2n) is 6.43. The molecule has 1 amide bonds. The van der Waals surface area contributed by atoms with Gasteiger partial charge in [-0.15, -0.1) is 24.0 Å². The summed E-state index contributed by atoms with van der Waals surface area (Å²) in [6.45, 7) is 1.69. The average Bonchev–Trinajstić information content (AvgIpc) is 3.07. The Morgan fingerprint density at radius 3 is 3.00 bits per heavy atom. The fourth-order valence-electron chi connectivity index (χ4n) is 3.08. The monoisotopic (exact) mass is 499 g/mol. The Kier molecular flexibility index (Phi) is 8.18. The molecule has 1 aromatic heterocycles. The van der Waals surface area contributed by atoms with Crippen molar-refractivity contribution in [3.05, 3.63) is 47.0 Å². The Morgan fingerprint density at radius 2 is 2.29 bits per heavy atom. The van der Waals surface area contributed by atoms with E-state index in [9.17, 15) is 4.79 Å². The number of hydrogen-bond acceptors (Lipinski definition) is 5. The summed E-state index contributed by atoms with van der Waals surface area (Å²) in [5.41, 5.74) is 6.79. The van der Waals surface area contributed by atoms with Crippen molar-refractivity contribution in [1.82, 2.24) is 25.4 Å². The van der Waals surface area contributed by atoms with Crippen molar-refractivity contribution < 1.29 is 9.53 Å². The van der Waals surface area contributed by atoms with Gasteiger partial charge in [-0.05, 0) is 24.1 Å². The number of aryl methyl sites for hydroxylation is 1. The van der Waals surface area contributed by atoms with Gasteiger partial charge < -0.3 is 21.1 Å². The molecular formula is C18H26IN7O2. The molecule has 1 aliphatic rings. The van der Waals surface area contributed by atoms with Crippen LogP contribution < -0.4 is 16.4 Å². The first-order chi connectivity index (χ1) is 13.1. The molecule has 0 bridgehead atoms. The van der Waals surface area contributed by atoms with Crippen LogP contribution >= 0.6 is 24.0 Å². The number of amides is 1. The number of primary amides is 1. The van der Waals surface area contributed by atoms with Gasteiger partial charge in [0.2, 0.25) is 5.91 Å². The maximum atomic E-state index is 11.3. The number of aliphatic imine (C=N–C) groups is 1. The van der Waals surface area contributed by atoms with E-state index in [1.54, 1.807) is 26.3 Å².